The Bertz CT molecular complexity index is 433. The summed E-state index contributed by atoms with van der Waals surface area (Å²) in [6.07, 6.45) is 1.19. The van der Waals surface area contributed by atoms with E-state index < -0.39 is 11.6 Å². The molecule has 6 heteroatoms. The molecule has 0 aromatic carbocycles. The standard InChI is InChI=1S/C12H13F3N2O/c1-11(12(13,14)15)3-2-10(16-5-4-11)9-6-17(7-9)8-18/h2-5,8-9H,6-7H2,1H3. The minimum absolute atomic E-state index is 0.0340. The lowest BCUT2D eigenvalue weighted by Crippen LogP contribution is -2.48. The maximum Gasteiger partial charge on any atom is 0.401 e. The normalized spacial score (nSPS) is 28.7. The predicted octanol–water partition coefficient (Wildman–Crippen LogP) is 2.17. The average Bonchev–Trinajstić information content (AvgIpc) is 2.40. The maximum atomic E-state index is 12.8. The quantitative estimate of drug-likeness (QED) is 0.699. The molecule has 2 heterocycles. The fourth-order valence-corrected chi connectivity index (χ4v) is 1.85. The lowest BCUT2D eigenvalue weighted by Gasteiger charge is -2.36. The molecule has 2 aliphatic heterocycles. The molecule has 18 heavy (non-hydrogen) atoms. The molecule has 3 nitrogen and oxygen atoms in total. The van der Waals surface area contributed by atoms with Crippen LogP contribution in [0.2, 0.25) is 0 Å². The second kappa shape index (κ2) is 4.26. The molecular weight excluding hydrogens is 245 g/mol. The molecule has 0 N–H and O–H groups in total. The molecule has 0 aliphatic carbocycles. The summed E-state index contributed by atoms with van der Waals surface area (Å²) in [4.78, 5) is 16.0. The zero-order chi connectivity index (χ0) is 13.4. The first-order chi connectivity index (χ1) is 8.36. The van der Waals surface area contributed by atoms with Crippen molar-refractivity contribution in [3.63, 3.8) is 0 Å². The van der Waals surface area contributed by atoms with Gasteiger partial charge in [0, 0.05) is 30.9 Å². The van der Waals surface area contributed by atoms with Crippen molar-refractivity contribution in [2.75, 3.05) is 13.1 Å². The summed E-state index contributed by atoms with van der Waals surface area (Å²) in [7, 11) is 0. The maximum absolute atomic E-state index is 12.8. The van der Waals surface area contributed by atoms with Crippen LogP contribution in [0, 0.1) is 11.3 Å². The van der Waals surface area contributed by atoms with E-state index in [-0.39, 0.29) is 5.92 Å². The first-order valence-corrected chi connectivity index (χ1v) is 5.56. The van der Waals surface area contributed by atoms with Gasteiger partial charge in [-0.2, -0.15) is 13.2 Å². The molecule has 1 atom stereocenters. The number of nitrogens with zero attached hydrogens (tertiary/aromatic N) is 2. The molecule has 0 aromatic heterocycles. The highest BCUT2D eigenvalue weighted by atomic mass is 19.4. The Kier molecular flexibility index (Phi) is 3.04. The number of amides is 1. The monoisotopic (exact) mass is 258 g/mol. The number of alkyl halides is 3. The van der Waals surface area contributed by atoms with Crippen LogP contribution in [0.5, 0.6) is 0 Å². The first-order valence-electron chi connectivity index (χ1n) is 5.56. The van der Waals surface area contributed by atoms with Crippen molar-refractivity contribution in [2.24, 2.45) is 16.3 Å². The van der Waals surface area contributed by atoms with Gasteiger partial charge in [-0.25, -0.2) is 0 Å². The molecule has 1 fully saturated rings. The van der Waals surface area contributed by atoms with E-state index in [1.54, 1.807) is 4.90 Å². The fraction of sp³-hybridized carbons (Fsp3) is 0.500. The van der Waals surface area contributed by atoms with Gasteiger partial charge >= 0.3 is 6.18 Å². The van der Waals surface area contributed by atoms with E-state index in [4.69, 9.17) is 0 Å². The van der Waals surface area contributed by atoms with Gasteiger partial charge in [0.25, 0.3) is 0 Å². The average molecular weight is 258 g/mol. The second-order valence-corrected chi connectivity index (χ2v) is 4.74. The van der Waals surface area contributed by atoms with Crippen molar-refractivity contribution in [1.29, 1.82) is 0 Å². The minimum Gasteiger partial charge on any atom is -0.344 e. The summed E-state index contributed by atoms with van der Waals surface area (Å²) < 4.78 is 38.5. The van der Waals surface area contributed by atoms with Gasteiger partial charge in [-0.1, -0.05) is 6.08 Å². The summed E-state index contributed by atoms with van der Waals surface area (Å²) in [5.74, 6) is 0.0340. The van der Waals surface area contributed by atoms with Gasteiger partial charge in [-0.3, -0.25) is 9.79 Å². The molecule has 2 aliphatic rings. The van der Waals surface area contributed by atoms with Crippen LogP contribution in [-0.4, -0.2) is 36.3 Å². The summed E-state index contributed by atoms with van der Waals surface area (Å²) in [6, 6.07) is 0. The number of carbonyl (C=O) groups excluding carboxylic acids is 1. The number of likely N-dealkylation sites (tertiary alicyclic amines) is 1. The van der Waals surface area contributed by atoms with E-state index in [1.165, 1.54) is 12.3 Å². The Labute approximate surface area is 103 Å². The molecule has 0 spiro atoms. The van der Waals surface area contributed by atoms with Gasteiger partial charge in [-0.15, -0.1) is 0 Å². The smallest absolute Gasteiger partial charge is 0.344 e. The third-order valence-electron chi connectivity index (χ3n) is 3.33. The largest absolute Gasteiger partial charge is 0.401 e. The van der Waals surface area contributed by atoms with Crippen LogP contribution < -0.4 is 0 Å². The third-order valence-corrected chi connectivity index (χ3v) is 3.33. The summed E-state index contributed by atoms with van der Waals surface area (Å²) in [5.41, 5.74) is -1.39. The molecule has 0 aromatic rings. The predicted molar refractivity (Wildman–Crippen MR) is 61.0 cm³/mol. The fourth-order valence-electron chi connectivity index (χ4n) is 1.85. The highest BCUT2D eigenvalue weighted by molar-refractivity contribution is 5.99. The first kappa shape index (κ1) is 12.9. The van der Waals surface area contributed by atoms with Crippen LogP contribution in [0.4, 0.5) is 13.2 Å². The number of halogens is 3. The van der Waals surface area contributed by atoms with Gasteiger partial charge < -0.3 is 4.90 Å². The Morgan fingerprint density at radius 2 is 2.11 bits per heavy atom. The van der Waals surface area contributed by atoms with E-state index in [0.29, 0.717) is 18.8 Å². The van der Waals surface area contributed by atoms with Crippen LogP contribution in [0.15, 0.2) is 29.4 Å². The minimum atomic E-state index is -4.33. The van der Waals surface area contributed by atoms with Crippen molar-refractivity contribution >= 4 is 12.1 Å². The molecule has 98 valence electrons. The number of hydrogen-bond acceptors (Lipinski definition) is 2. The van der Waals surface area contributed by atoms with Crippen LogP contribution in [0.1, 0.15) is 6.92 Å². The van der Waals surface area contributed by atoms with Gasteiger partial charge in [-0.05, 0) is 19.1 Å². The third kappa shape index (κ3) is 2.19. The number of hydrogen-bond donors (Lipinski definition) is 0. The zero-order valence-corrected chi connectivity index (χ0v) is 9.81. The highest BCUT2D eigenvalue weighted by Gasteiger charge is 2.48. The van der Waals surface area contributed by atoms with Crippen LogP contribution in [0.25, 0.3) is 0 Å². The van der Waals surface area contributed by atoms with E-state index in [9.17, 15) is 18.0 Å². The van der Waals surface area contributed by atoms with Gasteiger partial charge in [0.15, 0.2) is 0 Å². The zero-order valence-electron chi connectivity index (χ0n) is 9.81. The molecule has 0 radical (unpaired) electrons. The number of rotatable bonds is 2. The van der Waals surface area contributed by atoms with Crippen LogP contribution >= 0.6 is 0 Å². The number of allylic oxidation sites excluding steroid dienone is 3. The van der Waals surface area contributed by atoms with Gasteiger partial charge in [0.05, 0.1) is 0 Å². The SMILES string of the molecule is CC1(C(F)(F)F)C=CN=C(C2CN(C=O)C2)C=C1. The van der Waals surface area contributed by atoms with E-state index in [2.05, 4.69) is 4.99 Å². The van der Waals surface area contributed by atoms with Crippen LogP contribution in [0.3, 0.4) is 0 Å². The van der Waals surface area contributed by atoms with Gasteiger partial charge in [0.2, 0.25) is 6.41 Å². The molecule has 0 bridgehead atoms. The van der Waals surface area contributed by atoms with Crippen LogP contribution in [-0.2, 0) is 4.79 Å². The molecule has 0 saturated carbocycles. The summed E-state index contributed by atoms with van der Waals surface area (Å²) in [5, 5.41) is 0. The lowest BCUT2D eigenvalue weighted by atomic mass is 9.87. The van der Waals surface area contributed by atoms with Crippen molar-refractivity contribution in [3.05, 3.63) is 24.4 Å². The van der Waals surface area contributed by atoms with Crippen molar-refractivity contribution in [1.82, 2.24) is 4.90 Å². The Hall–Kier alpha value is -1.59. The molecule has 1 saturated heterocycles. The van der Waals surface area contributed by atoms with E-state index in [0.717, 1.165) is 25.5 Å². The lowest BCUT2D eigenvalue weighted by molar-refractivity contribution is -0.183. The Morgan fingerprint density at radius 1 is 1.44 bits per heavy atom. The molecular formula is C12H13F3N2O. The summed E-state index contributed by atoms with van der Waals surface area (Å²) >= 11 is 0. The van der Waals surface area contributed by atoms with Gasteiger partial charge in [0.1, 0.15) is 5.41 Å². The molecule has 1 unspecified atom stereocenters. The van der Waals surface area contributed by atoms with Crippen molar-refractivity contribution < 1.29 is 18.0 Å². The Balaban J connectivity index is 2.11. The van der Waals surface area contributed by atoms with E-state index in [1.807, 2.05) is 0 Å². The number of aliphatic imine (C=N–C) groups is 1. The number of carbonyl (C=O) groups is 1. The van der Waals surface area contributed by atoms with Crippen molar-refractivity contribution in [2.45, 2.75) is 13.1 Å². The second-order valence-electron chi connectivity index (χ2n) is 4.74. The Morgan fingerprint density at radius 3 is 2.67 bits per heavy atom. The molecule has 1 amide bonds. The highest BCUT2D eigenvalue weighted by Crippen LogP contribution is 2.41. The molecule has 2 rings (SSSR count). The van der Waals surface area contributed by atoms with Crippen molar-refractivity contribution in [3.8, 4) is 0 Å². The van der Waals surface area contributed by atoms with E-state index >= 15 is 0 Å². The topological polar surface area (TPSA) is 32.7 Å². The summed E-state index contributed by atoms with van der Waals surface area (Å²) in [6.45, 7) is 2.14.